The van der Waals surface area contributed by atoms with Gasteiger partial charge < -0.3 is 10.1 Å². The van der Waals surface area contributed by atoms with E-state index in [1.807, 2.05) is 56.3 Å². The Morgan fingerprint density at radius 3 is 2.35 bits per heavy atom. The van der Waals surface area contributed by atoms with E-state index < -0.39 is 0 Å². The summed E-state index contributed by atoms with van der Waals surface area (Å²) in [5, 5.41) is 3.03. The molecule has 2 aromatic carbocycles. The zero-order chi connectivity index (χ0) is 16.8. The van der Waals surface area contributed by atoms with Crippen molar-refractivity contribution in [2.45, 2.75) is 33.2 Å². The van der Waals surface area contributed by atoms with Crippen molar-refractivity contribution in [3.63, 3.8) is 0 Å². The first-order valence-corrected chi connectivity index (χ1v) is 8.54. The molecule has 1 unspecified atom stereocenters. The van der Waals surface area contributed by atoms with Gasteiger partial charge in [-0.2, -0.15) is 0 Å². The summed E-state index contributed by atoms with van der Waals surface area (Å²) in [5.41, 5.74) is 3.14. The minimum Gasteiger partial charge on any atom is -0.483 e. The molecule has 0 bridgehead atoms. The average Bonchev–Trinajstić information content (AvgIpc) is 2.52. The van der Waals surface area contributed by atoms with Crippen LogP contribution in [0.2, 0.25) is 0 Å². The van der Waals surface area contributed by atoms with Gasteiger partial charge in [-0.15, -0.1) is 0 Å². The molecule has 0 aliphatic carbocycles. The number of hydrogen-bond acceptors (Lipinski definition) is 2. The normalized spacial score (nSPS) is 11.8. The first-order valence-electron chi connectivity index (χ1n) is 7.75. The van der Waals surface area contributed by atoms with Gasteiger partial charge in [0.25, 0.3) is 5.91 Å². The summed E-state index contributed by atoms with van der Waals surface area (Å²) in [4.78, 5) is 12.2. The number of hydrogen-bond donors (Lipinski definition) is 1. The third kappa shape index (κ3) is 4.83. The van der Waals surface area contributed by atoms with E-state index in [1.165, 1.54) is 0 Å². The predicted octanol–water partition coefficient (Wildman–Crippen LogP) is 4.71. The van der Waals surface area contributed by atoms with E-state index in [4.69, 9.17) is 4.74 Å². The molecular formula is C19H22BrNO2. The molecule has 0 radical (unpaired) electrons. The van der Waals surface area contributed by atoms with E-state index >= 15 is 0 Å². The molecule has 2 rings (SSSR count). The SMILES string of the molecule is CCC(NC(=O)COc1c(C)cc(Br)cc1C)c1ccccc1. The number of carbonyl (C=O) groups excluding carboxylic acids is 1. The zero-order valence-electron chi connectivity index (χ0n) is 13.7. The largest absolute Gasteiger partial charge is 0.483 e. The van der Waals surface area contributed by atoms with Crippen LogP contribution < -0.4 is 10.1 Å². The van der Waals surface area contributed by atoms with Gasteiger partial charge in [0.15, 0.2) is 6.61 Å². The molecule has 0 fully saturated rings. The maximum absolute atomic E-state index is 12.2. The number of ether oxygens (including phenoxy) is 1. The number of nitrogens with one attached hydrogen (secondary N) is 1. The van der Waals surface area contributed by atoms with Crippen LogP contribution in [0.15, 0.2) is 46.9 Å². The Balaban J connectivity index is 1.97. The lowest BCUT2D eigenvalue weighted by atomic mass is 10.0. The number of benzene rings is 2. The molecule has 0 heterocycles. The summed E-state index contributed by atoms with van der Waals surface area (Å²) in [7, 11) is 0. The average molecular weight is 376 g/mol. The molecule has 4 heteroatoms. The van der Waals surface area contributed by atoms with E-state index in [0.29, 0.717) is 0 Å². The Morgan fingerprint density at radius 1 is 1.17 bits per heavy atom. The maximum atomic E-state index is 12.2. The van der Waals surface area contributed by atoms with Crippen LogP contribution in [-0.2, 0) is 4.79 Å². The Bertz CT molecular complexity index is 647. The smallest absolute Gasteiger partial charge is 0.258 e. The summed E-state index contributed by atoms with van der Waals surface area (Å²) >= 11 is 3.46. The van der Waals surface area contributed by atoms with Gasteiger partial charge in [-0.1, -0.05) is 53.2 Å². The van der Waals surface area contributed by atoms with Crippen LogP contribution in [0, 0.1) is 13.8 Å². The standard InChI is InChI=1S/C19H22BrNO2/c1-4-17(15-8-6-5-7-9-15)21-18(22)12-23-19-13(2)10-16(20)11-14(19)3/h5-11,17H,4,12H2,1-3H3,(H,21,22). The van der Waals surface area contributed by atoms with Crippen LogP contribution >= 0.6 is 15.9 Å². The van der Waals surface area contributed by atoms with E-state index in [9.17, 15) is 4.79 Å². The molecule has 0 saturated heterocycles. The monoisotopic (exact) mass is 375 g/mol. The van der Waals surface area contributed by atoms with E-state index in [2.05, 4.69) is 28.2 Å². The first-order chi connectivity index (χ1) is 11.0. The zero-order valence-corrected chi connectivity index (χ0v) is 15.3. The van der Waals surface area contributed by atoms with Gasteiger partial charge in [0.05, 0.1) is 6.04 Å². The van der Waals surface area contributed by atoms with Crippen molar-refractivity contribution < 1.29 is 9.53 Å². The van der Waals surface area contributed by atoms with Crippen molar-refractivity contribution in [2.75, 3.05) is 6.61 Å². The van der Waals surface area contributed by atoms with Gasteiger partial charge in [0, 0.05) is 4.47 Å². The van der Waals surface area contributed by atoms with Gasteiger partial charge in [0.2, 0.25) is 0 Å². The molecule has 122 valence electrons. The van der Waals surface area contributed by atoms with E-state index in [-0.39, 0.29) is 18.6 Å². The van der Waals surface area contributed by atoms with Crippen LogP contribution in [0.25, 0.3) is 0 Å². The van der Waals surface area contributed by atoms with Gasteiger partial charge in [-0.25, -0.2) is 0 Å². The van der Waals surface area contributed by atoms with Gasteiger partial charge >= 0.3 is 0 Å². The van der Waals surface area contributed by atoms with E-state index in [0.717, 1.165) is 33.3 Å². The van der Waals surface area contributed by atoms with Crippen molar-refractivity contribution in [1.82, 2.24) is 5.32 Å². The highest BCUT2D eigenvalue weighted by atomic mass is 79.9. The minimum absolute atomic E-state index is 0.0133. The molecular weight excluding hydrogens is 354 g/mol. The van der Waals surface area contributed by atoms with Crippen LogP contribution in [0.4, 0.5) is 0 Å². The topological polar surface area (TPSA) is 38.3 Å². The molecule has 0 spiro atoms. The molecule has 1 atom stereocenters. The first kappa shape index (κ1) is 17.5. The third-order valence-corrected chi connectivity index (χ3v) is 4.18. The van der Waals surface area contributed by atoms with Crippen molar-refractivity contribution in [2.24, 2.45) is 0 Å². The second-order valence-corrected chi connectivity index (χ2v) is 6.51. The molecule has 1 amide bonds. The second-order valence-electron chi connectivity index (χ2n) is 5.60. The van der Waals surface area contributed by atoms with Crippen molar-refractivity contribution >= 4 is 21.8 Å². The summed E-state index contributed by atoms with van der Waals surface area (Å²) in [5.74, 6) is 0.665. The lowest BCUT2D eigenvalue weighted by molar-refractivity contribution is -0.123. The number of amides is 1. The Labute approximate surface area is 146 Å². The number of rotatable bonds is 6. The number of halogens is 1. The molecule has 3 nitrogen and oxygen atoms in total. The predicted molar refractivity (Wildman–Crippen MR) is 96.7 cm³/mol. The summed E-state index contributed by atoms with van der Waals surface area (Å²) < 4.78 is 6.75. The Kier molecular flexibility index (Phi) is 6.22. The summed E-state index contributed by atoms with van der Waals surface area (Å²) in [6, 6.07) is 14.0. The lowest BCUT2D eigenvalue weighted by Gasteiger charge is -2.18. The molecule has 1 N–H and O–H groups in total. The van der Waals surface area contributed by atoms with Crippen LogP contribution in [0.1, 0.15) is 36.1 Å². The van der Waals surface area contributed by atoms with Crippen LogP contribution in [0.5, 0.6) is 5.75 Å². The van der Waals surface area contributed by atoms with Gasteiger partial charge in [-0.3, -0.25) is 4.79 Å². The fourth-order valence-corrected chi connectivity index (χ4v) is 3.29. The lowest BCUT2D eigenvalue weighted by Crippen LogP contribution is -2.32. The summed E-state index contributed by atoms with van der Waals surface area (Å²) in [6.07, 6.45) is 0.839. The third-order valence-electron chi connectivity index (χ3n) is 3.72. The Morgan fingerprint density at radius 2 is 1.78 bits per heavy atom. The number of aryl methyl sites for hydroxylation is 2. The molecule has 23 heavy (non-hydrogen) atoms. The highest BCUT2D eigenvalue weighted by molar-refractivity contribution is 9.10. The van der Waals surface area contributed by atoms with Crippen molar-refractivity contribution in [1.29, 1.82) is 0 Å². The highest BCUT2D eigenvalue weighted by Crippen LogP contribution is 2.27. The van der Waals surface area contributed by atoms with Crippen molar-refractivity contribution in [3.05, 3.63) is 63.6 Å². The number of carbonyl (C=O) groups is 1. The fraction of sp³-hybridized carbons (Fsp3) is 0.316. The minimum atomic E-state index is -0.109. The molecule has 0 aliphatic rings. The Hall–Kier alpha value is -1.81. The van der Waals surface area contributed by atoms with Crippen molar-refractivity contribution in [3.8, 4) is 5.75 Å². The second kappa shape index (κ2) is 8.16. The highest BCUT2D eigenvalue weighted by Gasteiger charge is 2.14. The van der Waals surface area contributed by atoms with Gasteiger partial charge in [-0.05, 0) is 49.1 Å². The molecule has 0 aliphatic heterocycles. The molecule has 2 aromatic rings. The fourth-order valence-electron chi connectivity index (χ4n) is 2.61. The van der Waals surface area contributed by atoms with E-state index in [1.54, 1.807) is 0 Å². The molecule has 0 aromatic heterocycles. The summed E-state index contributed by atoms with van der Waals surface area (Å²) in [6.45, 7) is 6.03. The van der Waals surface area contributed by atoms with Crippen LogP contribution in [-0.4, -0.2) is 12.5 Å². The molecule has 0 saturated carbocycles. The van der Waals surface area contributed by atoms with Gasteiger partial charge in [0.1, 0.15) is 5.75 Å². The quantitative estimate of drug-likeness (QED) is 0.793. The maximum Gasteiger partial charge on any atom is 0.258 e. The van der Waals surface area contributed by atoms with Crippen LogP contribution in [0.3, 0.4) is 0 Å².